The van der Waals surface area contributed by atoms with E-state index in [4.69, 9.17) is 14.5 Å². The van der Waals surface area contributed by atoms with Gasteiger partial charge in [0.05, 0.1) is 12.5 Å². The summed E-state index contributed by atoms with van der Waals surface area (Å²) in [7, 11) is 1.33. The predicted molar refractivity (Wildman–Crippen MR) is 118 cm³/mol. The van der Waals surface area contributed by atoms with Crippen LogP contribution >= 0.6 is 11.3 Å². The molecule has 3 heterocycles. The summed E-state index contributed by atoms with van der Waals surface area (Å²) in [5.74, 6) is -1.50. The molecule has 0 aliphatic heterocycles. The molecular formula is C23H16F2N4O3S. The lowest BCUT2D eigenvalue weighted by Crippen LogP contribution is -2.00. The summed E-state index contributed by atoms with van der Waals surface area (Å²) >= 11 is 1.24. The van der Waals surface area contributed by atoms with Crippen LogP contribution in [0.25, 0.3) is 27.3 Å². The molecule has 166 valence electrons. The first-order valence-corrected chi connectivity index (χ1v) is 10.7. The molecule has 5 rings (SSSR count). The smallest absolute Gasteiger partial charge is 0.348 e. The number of rotatable bonds is 5. The molecule has 7 nitrogen and oxygen atoms in total. The minimum absolute atomic E-state index is 0.0336. The van der Waals surface area contributed by atoms with Gasteiger partial charge >= 0.3 is 5.97 Å². The fourth-order valence-electron chi connectivity index (χ4n) is 3.55. The third kappa shape index (κ3) is 3.68. The zero-order valence-electron chi connectivity index (χ0n) is 17.5. The average Bonchev–Trinajstić information content (AvgIpc) is 3.39. The van der Waals surface area contributed by atoms with Crippen LogP contribution in [-0.2, 0) is 11.3 Å². The third-order valence-electron chi connectivity index (χ3n) is 5.17. The second-order valence-electron chi connectivity index (χ2n) is 7.20. The monoisotopic (exact) mass is 466 g/mol. The number of carbonyl (C=O) groups excluding carboxylic acids is 1. The Labute approximate surface area is 190 Å². The highest BCUT2D eigenvalue weighted by Gasteiger charge is 2.21. The maximum Gasteiger partial charge on any atom is 0.348 e. The number of fused-ring (bicyclic) bond motifs is 3. The molecule has 0 aliphatic rings. The van der Waals surface area contributed by atoms with E-state index >= 15 is 0 Å². The quantitative estimate of drug-likeness (QED) is 0.341. The summed E-state index contributed by atoms with van der Waals surface area (Å²) in [5, 5.41) is 5.27. The number of carbonyl (C=O) groups is 1. The molecule has 5 aromatic rings. The first-order valence-electron chi connectivity index (χ1n) is 9.85. The standard InChI is InChI=1S/C23H16F2N4O3S/c1-12-18-21-27-20(28-29(21)11-26-22(18)33-19(12)23(30)31-2)15-6-4-3-5-13(15)10-32-17-8-7-14(24)9-16(17)25/h3-9,11H,10H2,1-2H3. The van der Waals surface area contributed by atoms with Crippen LogP contribution < -0.4 is 4.74 Å². The largest absolute Gasteiger partial charge is 0.486 e. The maximum absolute atomic E-state index is 14.0. The van der Waals surface area contributed by atoms with Crippen molar-refractivity contribution < 1.29 is 23.0 Å². The number of benzene rings is 2. The fraction of sp³-hybridized carbons (Fsp3) is 0.130. The molecule has 0 saturated heterocycles. The summed E-state index contributed by atoms with van der Waals surface area (Å²) in [5.41, 5.74) is 2.69. The van der Waals surface area contributed by atoms with Gasteiger partial charge in [-0.3, -0.25) is 0 Å². The van der Waals surface area contributed by atoms with Crippen LogP contribution in [0.15, 0.2) is 48.8 Å². The normalized spacial score (nSPS) is 11.3. The van der Waals surface area contributed by atoms with E-state index in [0.717, 1.165) is 28.6 Å². The van der Waals surface area contributed by atoms with Crippen LogP contribution in [0, 0.1) is 18.6 Å². The molecule has 0 N–H and O–H groups in total. The minimum atomic E-state index is -0.777. The van der Waals surface area contributed by atoms with E-state index in [1.54, 1.807) is 4.52 Å². The number of aromatic nitrogens is 4. The zero-order valence-corrected chi connectivity index (χ0v) is 18.3. The molecule has 0 fully saturated rings. The molecule has 33 heavy (non-hydrogen) atoms. The van der Waals surface area contributed by atoms with Crippen molar-refractivity contribution in [1.82, 2.24) is 19.6 Å². The van der Waals surface area contributed by atoms with E-state index in [1.165, 1.54) is 30.8 Å². The van der Waals surface area contributed by atoms with E-state index in [2.05, 4.69) is 10.1 Å². The van der Waals surface area contributed by atoms with Gasteiger partial charge in [-0.25, -0.2) is 28.1 Å². The van der Waals surface area contributed by atoms with Gasteiger partial charge in [0.1, 0.15) is 28.5 Å². The van der Waals surface area contributed by atoms with E-state index < -0.39 is 17.6 Å². The topological polar surface area (TPSA) is 78.6 Å². The van der Waals surface area contributed by atoms with E-state index in [9.17, 15) is 13.6 Å². The fourth-order valence-corrected chi connectivity index (χ4v) is 4.61. The SMILES string of the molecule is COC(=O)c1sc2ncn3nc(-c4ccccc4COc4ccc(F)cc4F)nc3c2c1C. The van der Waals surface area contributed by atoms with Crippen molar-refractivity contribution in [3.63, 3.8) is 0 Å². The number of thiophene rings is 1. The number of hydrogen-bond acceptors (Lipinski definition) is 7. The van der Waals surface area contributed by atoms with Gasteiger partial charge in [0, 0.05) is 17.2 Å². The number of aryl methyl sites for hydroxylation is 1. The van der Waals surface area contributed by atoms with Crippen molar-refractivity contribution in [1.29, 1.82) is 0 Å². The highest BCUT2D eigenvalue weighted by Crippen LogP contribution is 2.33. The van der Waals surface area contributed by atoms with E-state index in [0.29, 0.717) is 26.7 Å². The van der Waals surface area contributed by atoms with Crippen LogP contribution in [0.4, 0.5) is 8.78 Å². The van der Waals surface area contributed by atoms with Crippen LogP contribution in [0.5, 0.6) is 5.75 Å². The number of esters is 1. The molecule has 0 radical (unpaired) electrons. The van der Waals surface area contributed by atoms with Crippen LogP contribution in [0.3, 0.4) is 0 Å². The molecule has 0 unspecified atom stereocenters. The highest BCUT2D eigenvalue weighted by molar-refractivity contribution is 7.20. The van der Waals surface area contributed by atoms with Crippen molar-refractivity contribution in [2.45, 2.75) is 13.5 Å². The summed E-state index contributed by atoms with van der Waals surface area (Å²) in [6.07, 6.45) is 1.54. The second kappa shape index (κ2) is 8.21. The van der Waals surface area contributed by atoms with Gasteiger partial charge in [0.15, 0.2) is 23.0 Å². The van der Waals surface area contributed by atoms with E-state index in [1.807, 2.05) is 31.2 Å². The molecule has 0 spiro atoms. The third-order valence-corrected chi connectivity index (χ3v) is 6.35. The summed E-state index contributed by atoms with van der Waals surface area (Å²) in [6.45, 7) is 1.85. The van der Waals surface area contributed by atoms with E-state index in [-0.39, 0.29) is 12.4 Å². The Balaban J connectivity index is 1.55. The lowest BCUT2D eigenvalue weighted by atomic mass is 10.1. The Morgan fingerprint density at radius 3 is 2.79 bits per heavy atom. The lowest BCUT2D eigenvalue weighted by molar-refractivity contribution is 0.0605. The first kappa shape index (κ1) is 21.0. The lowest BCUT2D eigenvalue weighted by Gasteiger charge is -2.10. The summed E-state index contributed by atoms with van der Waals surface area (Å²) < 4.78 is 39.1. The van der Waals surface area contributed by atoms with Crippen LogP contribution in [0.1, 0.15) is 20.8 Å². The number of ether oxygens (including phenoxy) is 2. The predicted octanol–water partition coefficient (Wildman–Crippen LogP) is 4.96. The van der Waals surface area contributed by atoms with Gasteiger partial charge in [-0.1, -0.05) is 24.3 Å². The Morgan fingerprint density at radius 1 is 1.18 bits per heavy atom. The Hall–Kier alpha value is -3.92. The molecule has 2 aromatic carbocycles. The van der Waals surface area contributed by atoms with Crippen molar-refractivity contribution >= 4 is 33.2 Å². The van der Waals surface area contributed by atoms with Crippen molar-refractivity contribution in [2.75, 3.05) is 7.11 Å². The summed E-state index contributed by atoms with van der Waals surface area (Å²) in [6, 6.07) is 10.5. The number of halogens is 2. The van der Waals surface area contributed by atoms with Gasteiger partial charge in [0.2, 0.25) is 0 Å². The Kier molecular flexibility index (Phi) is 5.21. The van der Waals surface area contributed by atoms with Crippen molar-refractivity contribution in [3.8, 4) is 17.1 Å². The maximum atomic E-state index is 14.0. The molecule has 0 amide bonds. The second-order valence-corrected chi connectivity index (χ2v) is 8.20. The molecule has 0 atom stereocenters. The van der Waals surface area contributed by atoms with Crippen LogP contribution in [-0.4, -0.2) is 32.7 Å². The number of methoxy groups -OCH3 is 1. The summed E-state index contributed by atoms with van der Waals surface area (Å²) in [4.78, 5) is 22.3. The number of nitrogens with zero attached hydrogens (tertiary/aromatic N) is 4. The first-order chi connectivity index (χ1) is 16.0. The van der Waals surface area contributed by atoms with Gasteiger partial charge in [-0.05, 0) is 24.6 Å². The zero-order chi connectivity index (χ0) is 23.1. The van der Waals surface area contributed by atoms with Gasteiger partial charge in [0.25, 0.3) is 0 Å². The molecule has 0 saturated carbocycles. The van der Waals surface area contributed by atoms with Crippen molar-refractivity contribution in [3.05, 3.63) is 76.4 Å². The molecule has 10 heteroatoms. The Bertz CT molecular complexity index is 1530. The molecule has 3 aromatic heterocycles. The highest BCUT2D eigenvalue weighted by atomic mass is 32.1. The molecule has 0 aliphatic carbocycles. The van der Waals surface area contributed by atoms with Crippen molar-refractivity contribution in [2.24, 2.45) is 0 Å². The molecule has 0 bridgehead atoms. The Morgan fingerprint density at radius 2 is 2.00 bits per heavy atom. The number of hydrogen-bond donors (Lipinski definition) is 0. The van der Waals surface area contributed by atoms with Crippen LogP contribution in [0.2, 0.25) is 0 Å². The van der Waals surface area contributed by atoms with Gasteiger partial charge in [-0.15, -0.1) is 16.4 Å². The van der Waals surface area contributed by atoms with Gasteiger partial charge < -0.3 is 9.47 Å². The minimum Gasteiger partial charge on any atom is -0.486 e. The average molecular weight is 466 g/mol. The molecular weight excluding hydrogens is 450 g/mol. The van der Waals surface area contributed by atoms with Gasteiger partial charge in [-0.2, -0.15) is 0 Å².